The van der Waals surface area contributed by atoms with Crippen LogP contribution in [0, 0.1) is 5.92 Å². The van der Waals surface area contributed by atoms with Crippen molar-refractivity contribution < 1.29 is 0 Å². The number of nitrogens with one attached hydrogen (secondary N) is 1. The van der Waals surface area contributed by atoms with Crippen molar-refractivity contribution in [3.05, 3.63) is 17.5 Å². The first-order valence-electron chi connectivity index (χ1n) is 4.11. The zero-order valence-corrected chi connectivity index (χ0v) is 6.51. The molecular formula is C8H13N3. The van der Waals surface area contributed by atoms with E-state index in [9.17, 15) is 0 Å². The number of rotatable bonds is 3. The summed E-state index contributed by atoms with van der Waals surface area (Å²) < 4.78 is 0. The van der Waals surface area contributed by atoms with Crippen LogP contribution in [0.5, 0.6) is 0 Å². The third kappa shape index (κ3) is 1.60. The van der Waals surface area contributed by atoms with Crippen LogP contribution < -0.4 is 5.73 Å². The van der Waals surface area contributed by atoms with Gasteiger partial charge >= 0.3 is 0 Å². The van der Waals surface area contributed by atoms with Crippen molar-refractivity contribution in [2.45, 2.75) is 25.8 Å². The molecule has 1 fully saturated rings. The van der Waals surface area contributed by atoms with Crippen molar-refractivity contribution in [3.8, 4) is 0 Å². The van der Waals surface area contributed by atoms with Gasteiger partial charge in [0.05, 0.1) is 5.69 Å². The van der Waals surface area contributed by atoms with Gasteiger partial charge < -0.3 is 5.73 Å². The first-order chi connectivity index (χ1) is 5.38. The Bertz CT molecular complexity index is 237. The van der Waals surface area contributed by atoms with Crippen molar-refractivity contribution in [2.24, 2.45) is 11.7 Å². The van der Waals surface area contributed by atoms with Gasteiger partial charge in [0.15, 0.2) is 0 Å². The van der Waals surface area contributed by atoms with Crippen molar-refractivity contribution >= 4 is 0 Å². The molecule has 0 spiro atoms. The third-order valence-corrected chi connectivity index (χ3v) is 2.10. The molecule has 0 aliphatic heterocycles. The molecule has 3 N–H and O–H groups in total. The van der Waals surface area contributed by atoms with Gasteiger partial charge in [0.2, 0.25) is 0 Å². The second kappa shape index (κ2) is 2.66. The molecule has 0 radical (unpaired) electrons. The fourth-order valence-electron chi connectivity index (χ4n) is 1.24. The van der Waals surface area contributed by atoms with Crippen molar-refractivity contribution in [1.29, 1.82) is 0 Å². The van der Waals surface area contributed by atoms with E-state index in [0.717, 1.165) is 18.0 Å². The van der Waals surface area contributed by atoms with Crippen LogP contribution in [0.3, 0.4) is 0 Å². The lowest BCUT2D eigenvalue weighted by atomic mass is 10.2. The van der Waals surface area contributed by atoms with E-state index in [0.29, 0.717) is 6.54 Å². The van der Waals surface area contributed by atoms with Crippen molar-refractivity contribution in [3.63, 3.8) is 0 Å². The first kappa shape index (κ1) is 6.85. The predicted molar refractivity (Wildman–Crippen MR) is 42.9 cm³/mol. The van der Waals surface area contributed by atoms with Crippen LogP contribution in [0.15, 0.2) is 6.07 Å². The maximum atomic E-state index is 5.44. The second-order valence-electron chi connectivity index (χ2n) is 3.24. The molecule has 0 bridgehead atoms. The van der Waals surface area contributed by atoms with E-state index in [1.807, 2.05) is 0 Å². The van der Waals surface area contributed by atoms with Crippen LogP contribution in [0.25, 0.3) is 0 Å². The molecule has 3 heteroatoms. The van der Waals surface area contributed by atoms with Crippen LogP contribution in [-0.2, 0) is 13.0 Å². The smallest absolute Gasteiger partial charge is 0.0628 e. The monoisotopic (exact) mass is 151 g/mol. The average molecular weight is 151 g/mol. The number of nitrogens with zero attached hydrogens (tertiary/aromatic N) is 1. The molecular weight excluding hydrogens is 138 g/mol. The maximum Gasteiger partial charge on any atom is 0.0628 e. The molecule has 11 heavy (non-hydrogen) atoms. The van der Waals surface area contributed by atoms with E-state index >= 15 is 0 Å². The Kier molecular flexibility index (Phi) is 1.66. The molecule has 1 aromatic heterocycles. The van der Waals surface area contributed by atoms with Gasteiger partial charge in [0.25, 0.3) is 0 Å². The summed E-state index contributed by atoms with van der Waals surface area (Å²) in [5.74, 6) is 0.906. The molecule has 60 valence electrons. The summed E-state index contributed by atoms with van der Waals surface area (Å²) in [6.45, 7) is 0.567. The lowest BCUT2D eigenvalue weighted by Gasteiger charge is -1.87. The lowest BCUT2D eigenvalue weighted by molar-refractivity contribution is 0.795. The number of nitrogens with two attached hydrogens (primary N) is 1. The van der Waals surface area contributed by atoms with Crippen LogP contribution in [-0.4, -0.2) is 10.2 Å². The zero-order chi connectivity index (χ0) is 7.68. The fraction of sp³-hybridized carbons (Fsp3) is 0.625. The molecule has 0 unspecified atom stereocenters. The Balaban J connectivity index is 1.99. The maximum absolute atomic E-state index is 5.44. The summed E-state index contributed by atoms with van der Waals surface area (Å²) >= 11 is 0. The number of hydrogen-bond acceptors (Lipinski definition) is 2. The molecule has 0 aromatic carbocycles. The van der Waals surface area contributed by atoms with E-state index in [-0.39, 0.29) is 0 Å². The van der Waals surface area contributed by atoms with Crippen LogP contribution in [0.4, 0.5) is 0 Å². The SMILES string of the molecule is NCc1cc(CC2CC2)n[nH]1. The van der Waals surface area contributed by atoms with Gasteiger partial charge in [-0.25, -0.2) is 0 Å². The van der Waals surface area contributed by atoms with Gasteiger partial charge in [-0.05, 0) is 31.2 Å². The quantitative estimate of drug-likeness (QED) is 0.672. The molecule has 1 heterocycles. The second-order valence-corrected chi connectivity index (χ2v) is 3.24. The topological polar surface area (TPSA) is 54.7 Å². The molecule has 1 saturated carbocycles. The largest absolute Gasteiger partial charge is 0.325 e. The molecule has 3 nitrogen and oxygen atoms in total. The van der Waals surface area contributed by atoms with Gasteiger partial charge in [-0.3, -0.25) is 5.10 Å². The highest BCUT2D eigenvalue weighted by atomic mass is 15.1. The van der Waals surface area contributed by atoms with E-state index in [4.69, 9.17) is 5.73 Å². The lowest BCUT2D eigenvalue weighted by Crippen LogP contribution is -1.95. The molecule has 1 aliphatic rings. The Hall–Kier alpha value is -0.830. The summed E-state index contributed by atoms with van der Waals surface area (Å²) in [5, 5.41) is 7.08. The number of H-pyrrole nitrogens is 1. The van der Waals surface area contributed by atoms with E-state index in [1.165, 1.54) is 18.5 Å². The molecule has 0 saturated heterocycles. The highest BCUT2D eigenvalue weighted by molar-refractivity contribution is 5.09. The minimum absolute atomic E-state index is 0.567. The van der Waals surface area contributed by atoms with Gasteiger partial charge in [-0.2, -0.15) is 5.10 Å². The van der Waals surface area contributed by atoms with E-state index in [2.05, 4.69) is 16.3 Å². The minimum atomic E-state index is 0.567. The molecule has 2 rings (SSSR count). The van der Waals surface area contributed by atoms with Crippen LogP contribution in [0.2, 0.25) is 0 Å². The number of aromatic nitrogens is 2. The summed E-state index contributed by atoms with van der Waals surface area (Å²) in [7, 11) is 0. The Morgan fingerprint density at radius 1 is 1.64 bits per heavy atom. The Morgan fingerprint density at radius 2 is 2.45 bits per heavy atom. The zero-order valence-electron chi connectivity index (χ0n) is 6.51. The predicted octanol–water partition coefficient (Wildman–Crippen LogP) is 0.821. The number of hydrogen-bond donors (Lipinski definition) is 2. The molecule has 1 aliphatic carbocycles. The highest BCUT2D eigenvalue weighted by Gasteiger charge is 2.22. The van der Waals surface area contributed by atoms with Gasteiger partial charge in [-0.1, -0.05) is 0 Å². The van der Waals surface area contributed by atoms with Crippen molar-refractivity contribution in [1.82, 2.24) is 10.2 Å². The Morgan fingerprint density at radius 3 is 3.00 bits per heavy atom. The van der Waals surface area contributed by atoms with Crippen molar-refractivity contribution in [2.75, 3.05) is 0 Å². The van der Waals surface area contributed by atoms with Crippen LogP contribution >= 0.6 is 0 Å². The highest BCUT2D eigenvalue weighted by Crippen LogP contribution is 2.31. The van der Waals surface area contributed by atoms with Gasteiger partial charge in [0.1, 0.15) is 0 Å². The summed E-state index contributed by atoms with van der Waals surface area (Å²) in [6.07, 6.45) is 3.89. The molecule has 0 atom stereocenters. The average Bonchev–Trinajstić information content (AvgIpc) is 2.68. The first-order valence-corrected chi connectivity index (χ1v) is 4.11. The standard InChI is InChI=1S/C8H13N3/c9-5-8-4-7(10-11-8)3-6-1-2-6/h4,6H,1-3,5,9H2,(H,10,11). The third-order valence-electron chi connectivity index (χ3n) is 2.10. The van der Waals surface area contributed by atoms with E-state index < -0.39 is 0 Å². The Labute approximate surface area is 66.0 Å². The van der Waals surface area contributed by atoms with E-state index in [1.54, 1.807) is 0 Å². The normalized spacial score (nSPS) is 17.2. The minimum Gasteiger partial charge on any atom is -0.325 e. The van der Waals surface area contributed by atoms with Crippen LogP contribution in [0.1, 0.15) is 24.2 Å². The molecule has 1 aromatic rings. The fourth-order valence-corrected chi connectivity index (χ4v) is 1.24. The summed E-state index contributed by atoms with van der Waals surface area (Å²) in [4.78, 5) is 0. The molecule has 0 amide bonds. The van der Waals surface area contributed by atoms with Gasteiger partial charge in [-0.15, -0.1) is 0 Å². The summed E-state index contributed by atoms with van der Waals surface area (Å²) in [5.41, 5.74) is 7.65. The summed E-state index contributed by atoms with van der Waals surface area (Å²) in [6, 6.07) is 2.07. The number of aromatic amines is 1. The van der Waals surface area contributed by atoms with Gasteiger partial charge in [0, 0.05) is 12.2 Å².